The molecule has 3 rings (SSSR count). The molecule has 8 heteroatoms. The number of nitrogens with one attached hydrogen (secondary N) is 2. The minimum atomic E-state index is -0.333. The Morgan fingerprint density at radius 1 is 1.14 bits per heavy atom. The molecule has 0 saturated heterocycles. The molecule has 2 heterocycles. The van der Waals surface area contributed by atoms with Gasteiger partial charge in [-0.05, 0) is 17.7 Å². The lowest BCUT2D eigenvalue weighted by molar-refractivity contribution is 0.0953. The van der Waals surface area contributed by atoms with Gasteiger partial charge >= 0.3 is 0 Å². The van der Waals surface area contributed by atoms with E-state index in [-0.39, 0.29) is 23.4 Å². The second-order valence-electron chi connectivity index (χ2n) is 6.68. The molecule has 2 N–H and O–H groups in total. The molecule has 150 valence electrons. The van der Waals surface area contributed by atoms with Crippen LogP contribution in [0.5, 0.6) is 0 Å². The summed E-state index contributed by atoms with van der Waals surface area (Å²) in [6.45, 7) is 2.41. The predicted molar refractivity (Wildman–Crippen MR) is 109 cm³/mol. The summed E-state index contributed by atoms with van der Waals surface area (Å²) in [5, 5.41) is 9.46. The summed E-state index contributed by atoms with van der Waals surface area (Å²) in [5.41, 5.74) is 2.33. The maximum absolute atomic E-state index is 12.7. The largest absolute Gasteiger partial charge is 0.354 e. The molecule has 3 aromatic rings. The summed E-state index contributed by atoms with van der Waals surface area (Å²) >= 11 is 0. The van der Waals surface area contributed by atoms with Crippen molar-refractivity contribution < 1.29 is 9.59 Å². The lowest BCUT2D eigenvalue weighted by Gasteiger charge is -2.14. The molecule has 0 fully saturated rings. The van der Waals surface area contributed by atoms with Crippen molar-refractivity contribution in [3.8, 4) is 0 Å². The number of rotatable bonds is 7. The van der Waals surface area contributed by atoms with Crippen LogP contribution in [0.4, 0.5) is 0 Å². The number of pyridine rings is 1. The molecule has 0 aliphatic carbocycles. The van der Waals surface area contributed by atoms with Crippen LogP contribution >= 0.6 is 0 Å². The molecule has 0 radical (unpaired) electrons. The van der Waals surface area contributed by atoms with E-state index < -0.39 is 0 Å². The molecule has 0 saturated carbocycles. The first-order valence-electron chi connectivity index (χ1n) is 9.39. The third-order valence-electron chi connectivity index (χ3n) is 4.75. The number of hydrogen-bond acceptors (Lipinski definition) is 5. The Hall–Kier alpha value is -3.55. The van der Waals surface area contributed by atoms with Gasteiger partial charge < -0.3 is 10.6 Å². The average Bonchev–Trinajstić information content (AvgIpc) is 3.17. The van der Waals surface area contributed by atoms with Crippen LogP contribution in [0.2, 0.25) is 0 Å². The second kappa shape index (κ2) is 9.09. The van der Waals surface area contributed by atoms with E-state index in [4.69, 9.17) is 0 Å². The van der Waals surface area contributed by atoms with Gasteiger partial charge in [-0.25, -0.2) is 9.97 Å². The van der Waals surface area contributed by atoms with E-state index in [0.717, 1.165) is 11.4 Å². The number of aromatic nitrogens is 4. The van der Waals surface area contributed by atoms with E-state index in [0.29, 0.717) is 24.2 Å². The van der Waals surface area contributed by atoms with Gasteiger partial charge in [-0.2, -0.15) is 5.10 Å². The number of benzene rings is 1. The highest BCUT2D eigenvalue weighted by atomic mass is 16.2. The van der Waals surface area contributed by atoms with Gasteiger partial charge in [0, 0.05) is 44.2 Å². The van der Waals surface area contributed by atoms with E-state index in [1.165, 1.54) is 19.4 Å². The van der Waals surface area contributed by atoms with Gasteiger partial charge in [-0.3, -0.25) is 14.3 Å². The zero-order chi connectivity index (χ0) is 20.8. The maximum atomic E-state index is 12.7. The highest BCUT2D eigenvalue weighted by molar-refractivity contribution is 5.98. The number of carbonyl (C=O) groups excluding carboxylic acids is 2. The fourth-order valence-electron chi connectivity index (χ4n) is 3.00. The third kappa shape index (κ3) is 4.84. The molecule has 29 heavy (non-hydrogen) atoms. The lowest BCUT2D eigenvalue weighted by atomic mass is 9.96. The minimum absolute atomic E-state index is 0.0639. The summed E-state index contributed by atoms with van der Waals surface area (Å²) < 4.78 is 1.67. The topological polar surface area (TPSA) is 102 Å². The Morgan fingerprint density at radius 3 is 2.55 bits per heavy atom. The molecule has 0 unspecified atom stereocenters. The molecular formula is C21H24N6O2. The standard InChI is InChI=1S/C21H24N6O2/c1-14(15-7-5-4-6-8-15)17-11-16(12-18(26-17)21(29)22-2)20(28)23-10-9-19-24-13-25-27(19)3/h4-8,11-14H,9-10H2,1-3H3,(H,22,29)(H,23,28)/t14-/m0/s1. The Balaban J connectivity index is 1.82. The van der Waals surface area contributed by atoms with Crippen LogP contribution < -0.4 is 10.6 Å². The van der Waals surface area contributed by atoms with Crippen molar-refractivity contribution in [3.05, 3.63) is 77.1 Å². The van der Waals surface area contributed by atoms with Crippen LogP contribution in [0.15, 0.2) is 48.8 Å². The van der Waals surface area contributed by atoms with E-state index in [9.17, 15) is 9.59 Å². The number of aryl methyl sites for hydroxylation is 1. The van der Waals surface area contributed by atoms with Crippen molar-refractivity contribution in [2.75, 3.05) is 13.6 Å². The van der Waals surface area contributed by atoms with Gasteiger partial charge in [0.25, 0.3) is 11.8 Å². The van der Waals surface area contributed by atoms with Gasteiger partial charge in [-0.15, -0.1) is 0 Å². The lowest BCUT2D eigenvalue weighted by Crippen LogP contribution is -2.28. The fourth-order valence-corrected chi connectivity index (χ4v) is 3.00. The predicted octanol–water partition coefficient (Wildman–Crippen LogP) is 1.69. The molecule has 0 aliphatic heterocycles. The Bertz CT molecular complexity index is 999. The molecule has 0 bridgehead atoms. The average molecular weight is 392 g/mol. The van der Waals surface area contributed by atoms with Crippen molar-refractivity contribution in [2.45, 2.75) is 19.3 Å². The first-order chi connectivity index (χ1) is 14.0. The number of carbonyl (C=O) groups is 2. The van der Waals surface area contributed by atoms with E-state index in [1.54, 1.807) is 17.8 Å². The summed E-state index contributed by atoms with van der Waals surface area (Å²) in [7, 11) is 3.35. The summed E-state index contributed by atoms with van der Waals surface area (Å²) in [4.78, 5) is 33.5. The SMILES string of the molecule is CNC(=O)c1cc(C(=O)NCCc2ncnn2C)cc([C@@H](C)c2ccccc2)n1. The molecule has 2 amide bonds. The van der Waals surface area contributed by atoms with Crippen LogP contribution in [-0.4, -0.2) is 45.2 Å². The monoisotopic (exact) mass is 392 g/mol. The van der Waals surface area contributed by atoms with Crippen LogP contribution in [0.3, 0.4) is 0 Å². The minimum Gasteiger partial charge on any atom is -0.354 e. The van der Waals surface area contributed by atoms with Gasteiger partial charge in [0.1, 0.15) is 17.8 Å². The summed E-state index contributed by atoms with van der Waals surface area (Å²) in [6.07, 6.45) is 2.04. The Morgan fingerprint density at radius 2 is 1.90 bits per heavy atom. The smallest absolute Gasteiger partial charge is 0.269 e. The quantitative estimate of drug-likeness (QED) is 0.637. The van der Waals surface area contributed by atoms with Crippen LogP contribution in [-0.2, 0) is 13.5 Å². The highest BCUT2D eigenvalue weighted by Gasteiger charge is 2.18. The first kappa shape index (κ1) is 20.2. The normalized spacial score (nSPS) is 11.7. The van der Waals surface area contributed by atoms with Gasteiger partial charge in [0.05, 0.1) is 0 Å². The number of amides is 2. The number of hydrogen-bond donors (Lipinski definition) is 2. The van der Waals surface area contributed by atoms with Crippen molar-refractivity contribution in [1.29, 1.82) is 0 Å². The molecule has 0 spiro atoms. The molecule has 1 aromatic carbocycles. The summed E-state index contributed by atoms with van der Waals surface area (Å²) in [6, 6.07) is 13.1. The third-order valence-corrected chi connectivity index (χ3v) is 4.75. The van der Waals surface area contributed by atoms with Crippen LogP contribution in [0.25, 0.3) is 0 Å². The maximum Gasteiger partial charge on any atom is 0.269 e. The molecular weight excluding hydrogens is 368 g/mol. The second-order valence-corrected chi connectivity index (χ2v) is 6.68. The van der Waals surface area contributed by atoms with Gasteiger partial charge in [0.2, 0.25) is 0 Å². The summed E-state index contributed by atoms with van der Waals surface area (Å²) in [5.74, 6) is 0.122. The van der Waals surface area contributed by atoms with E-state index in [1.807, 2.05) is 37.3 Å². The van der Waals surface area contributed by atoms with Gasteiger partial charge in [0.15, 0.2) is 0 Å². The first-order valence-corrected chi connectivity index (χ1v) is 9.39. The van der Waals surface area contributed by atoms with E-state index >= 15 is 0 Å². The zero-order valence-corrected chi connectivity index (χ0v) is 16.7. The van der Waals surface area contributed by atoms with Crippen molar-refractivity contribution in [2.24, 2.45) is 7.05 Å². The van der Waals surface area contributed by atoms with Crippen molar-refractivity contribution >= 4 is 11.8 Å². The molecule has 1 atom stereocenters. The van der Waals surface area contributed by atoms with Crippen LogP contribution in [0.1, 0.15) is 50.8 Å². The Kier molecular flexibility index (Phi) is 6.33. The number of nitrogens with zero attached hydrogens (tertiary/aromatic N) is 4. The van der Waals surface area contributed by atoms with Crippen molar-refractivity contribution in [3.63, 3.8) is 0 Å². The molecule has 2 aromatic heterocycles. The Labute approximate surface area is 169 Å². The highest BCUT2D eigenvalue weighted by Crippen LogP contribution is 2.23. The van der Waals surface area contributed by atoms with Crippen molar-refractivity contribution in [1.82, 2.24) is 30.4 Å². The molecule has 8 nitrogen and oxygen atoms in total. The zero-order valence-electron chi connectivity index (χ0n) is 16.7. The van der Waals surface area contributed by atoms with E-state index in [2.05, 4.69) is 25.7 Å². The fraction of sp³-hybridized carbons (Fsp3) is 0.286. The molecule has 0 aliphatic rings. The van der Waals surface area contributed by atoms with Gasteiger partial charge in [-0.1, -0.05) is 37.3 Å². The van der Waals surface area contributed by atoms with Crippen LogP contribution in [0, 0.1) is 0 Å².